The number of fused-ring (bicyclic) bond motifs is 3. The number of aliphatic hydroxyl groups is 1. The van der Waals surface area contributed by atoms with Crippen LogP contribution in [0.25, 0.3) is 11.3 Å². The van der Waals surface area contributed by atoms with E-state index in [4.69, 9.17) is 0 Å². The average molecular weight is 291 g/mol. The quantitative estimate of drug-likeness (QED) is 0.805. The highest BCUT2D eigenvalue weighted by Gasteiger charge is 2.31. The number of aliphatic hydroxyl groups excluding tert-OH is 1. The molecular weight excluding hydrogens is 274 g/mol. The molecular formula is C18H17N3O. The molecule has 2 atom stereocenters. The Bertz CT molecular complexity index is 807. The Morgan fingerprint density at radius 1 is 1.23 bits per heavy atom. The molecule has 22 heavy (non-hydrogen) atoms. The maximum absolute atomic E-state index is 10.6. The van der Waals surface area contributed by atoms with Gasteiger partial charge in [0.25, 0.3) is 0 Å². The number of nitrogens with zero attached hydrogens (tertiary/aromatic N) is 3. The first-order valence-electron chi connectivity index (χ1n) is 7.46. The Morgan fingerprint density at radius 2 is 2.05 bits per heavy atom. The lowest BCUT2D eigenvalue weighted by Crippen LogP contribution is -2.11. The van der Waals surface area contributed by atoms with Crippen molar-refractivity contribution in [2.75, 3.05) is 0 Å². The maximum atomic E-state index is 10.6. The molecule has 4 heteroatoms. The molecule has 4 rings (SSSR count). The molecule has 0 saturated heterocycles. The summed E-state index contributed by atoms with van der Waals surface area (Å²) < 4.78 is 2.11. The van der Waals surface area contributed by atoms with Crippen LogP contribution in [0.1, 0.15) is 35.4 Å². The van der Waals surface area contributed by atoms with Crippen LogP contribution in [0, 0.1) is 6.92 Å². The van der Waals surface area contributed by atoms with Gasteiger partial charge in [0.1, 0.15) is 0 Å². The second kappa shape index (κ2) is 5.07. The molecule has 0 saturated carbocycles. The van der Waals surface area contributed by atoms with Crippen LogP contribution >= 0.6 is 0 Å². The van der Waals surface area contributed by atoms with Crippen molar-refractivity contribution >= 4 is 0 Å². The van der Waals surface area contributed by atoms with Gasteiger partial charge in [0.2, 0.25) is 0 Å². The van der Waals surface area contributed by atoms with E-state index in [-0.39, 0.29) is 6.04 Å². The van der Waals surface area contributed by atoms with Gasteiger partial charge in [-0.3, -0.25) is 4.98 Å². The Hall–Kier alpha value is -2.46. The minimum atomic E-state index is -0.520. The van der Waals surface area contributed by atoms with Crippen molar-refractivity contribution in [1.29, 1.82) is 0 Å². The molecule has 0 amide bonds. The Morgan fingerprint density at radius 3 is 2.86 bits per heavy atom. The third-order valence-corrected chi connectivity index (χ3v) is 4.34. The van der Waals surface area contributed by atoms with Crippen molar-refractivity contribution in [1.82, 2.24) is 14.5 Å². The number of benzene rings is 1. The molecule has 1 aliphatic rings. The average Bonchev–Trinajstić information content (AvgIpc) is 3.11. The second-order valence-corrected chi connectivity index (χ2v) is 5.80. The van der Waals surface area contributed by atoms with E-state index in [1.807, 2.05) is 56.0 Å². The summed E-state index contributed by atoms with van der Waals surface area (Å²) in [7, 11) is 0. The number of rotatable bonds is 3. The SMILES string of the molecule is Cc1ccc(C(O)CC2c3ncccc3-c3cncn32)cc1. The highest BCUT2D eigenvalue weighted by atomic mass is 16.3. The fourth-order valence-electron chi connectivity index (χ4n) is 3.15. The van der Waals surface area contributed by atoms with E-state index < -0.39 is 6.10 Å². The predicted octanol–water partition coefficient (Wildman–Crippen LogP) is 3.28. The predicted molar refractivity (Wildman–Crippen MR) is 84.4 cm³/mol. The Labute approximate surface area is 129 Å². The van der Waals surface area contributed by atoms with Gasteiger partial charge in [-0.15, -0.1) is 0 Å². The molecule has 110 valence electrons. The van der Waals surface area contributed by atoms with E-state index in [0.717, 1.165) is 22.5 Å². The van der Waals surface area contributed by atoms with Crippen molar-refractivity contribution < 1.29 is 5.11 Å². The highest BCUT2D eigenvalue weighted by molar-refractivity contribution is 5.66. The summed E-state index contributed by atoms with van der Waals surface area (Å²) in [6.45, 7) is 2.05. The zero-order chi connectivity index (χ0) is 15.1. The van der Waals surface area contributed by atoms with E-state index >= 15 is 0 Å². The zero-order valence-electron chi connectivity index (χ0n) is 12.3. The number of aromatic nitrogens is 3. The van der Waals surface area contributed by atoms with Crippen molar-refractivity contribution in [3.05, 3.63) is 71.9 Å². The van der Waals surface area contributed by atoms with Gasteiger partial charge < -0.3 is 9.67 Å². The molecule has 2 aromatic heterocycles. The summed E-state index contributed by atoms with van der Waals surface area (Å²) >= 11 is 0. The Balaban J connectivity index is 1.67. The van der Waals surface area contributed by atoms with Crippen LogP contribution in [0.4, 0.5) is 0 Å². The Kier molecular flexibility index (Phi) is 3.05. The summed E-state index contributed by atoms with van der Waals surface area (Å²) in [5.41, 5.74) is 5.34. The van der Waals surface area contributed by atoms with E-state index in [2.05, 4.69) is 20.6 Å². The van der Waals surface area contributed by atoms with E-state index in [1.165, 1.54) is 5.56 Å². The number of hydrogen-bond donors (Lipinski definition) is 1. The summed E-state index contributed by atoms with van der Waals surface area (Å²) in [4.78, 5) is 8.77. The van der Waals surface area contributed by atoms with Crippen LogP contribution in [-0.2, 0) is 0 Å². The van der Waals surface area contributed by atoms with Crippen molar-refractivity contribution in [3.63, 3.8) is 0 Å². The van der Waals surface area contributed by atoms with Gasteiger partial charge >= 0.3 is 0 Å². The molecule has 3 heterocycles. The molecule has 3 aromatic rings. The first-order valence-corrected chi connectivity index (χ1v) is 7.46. The van der Waals surface area contributed by atoms with E-state index in [0.29, 0.717) is 6.42 Å². The van der Waals surface area contributed by atoms with Crippen molar-refractivity contribution in [2.45, 2.75) is 25.5 Å². The van der Waals surface area contributed by atoms with Crippen molar-refractivity contribution in [2.24, 2.45) is 0 Å². The third-order valence-electron chi connectivity index (χ3n) is 4.34. The molecule has 2 unspecified atom stereocenters. The number of imidazole rings is 1. The lowest BCUT2D eigenvalue weighted by molar-refractivity contribution is 0.153. The topological polar surface area (TPSA) is 50.9 Å². The first-order chi connectivity index (χ1) is 10.7. The van der Waals surface area contributed by atoms with Crippen molar-refractivity contribution in [3.8, 4) is 11.3 Å². The van der Waals surface area contributed by atoms with Crippen LogP contribution in [0.15, 0.2) is 55.1 Å². The smallest absolute Gasteiger partial charge is 0.0957 e. The van der Waals surface area contributed by atoms with E-state index in [9.17, 15) is 5.11 Å². The summed E-state index contributed by atoms with van der Waals surface area (Å²) in [5.74, 6) is 0. The monoisotopic (exact) mass is 291 g/mol. The van der Waals surface area contributed by atoms with Crippen LogP contribution in [0.2, 0.25) is 0 Å². The molecule has 0 bridgehead atoms. The molecule has 4 nitrogen and oxygen atoms in total. The molecule has 1 aromatic carbocycles. The van der Waals surface area contributed by atoms with Crippen LogP contribution in [0.3, 0.4) is 0 Å². The summed E-state index contributed by atoms with van der Waals surface area (Å²) in [6.07, 6.45) is 5.57. The van der Waals surface area contributed by atoms with Gasteiger partial charge in [-0.1, -0.05) is 29.8 Å². The fourth-order valence-corrected chi connectivity index (χ4v) is 3.15. The van der Waals surface area contributed by atoms with Crippen LogP contribution in [0.5, 0.6) is 0 Å². The van der Waals surface area contributed by atoms with Gasteiger partial charge in [-0.05, 0) is 24.6 Å². The van der Waals surface area contributed by atoms with Gasteiger partial charge in [0.15, 0.2) is 0 Å². The number of pyridine rings is 1. The van der Waals surface area contributed by atoms with E-state index in [1.54, 1.807) is 0 Å². The highest BCUT2D eigenvalue weighted by Crippen LogP contribution is 2.41. The minimum Gasteiger partial charge on any atom is -0.388 e. The summed E-state index contributed by atoms with van der Waals surface area (Å²) in [5, 5.41) is 10.6. The molecule has 0 aliphatic carbocycles. The largest absolute Gasteiger partial charge is 0.388 e. The van der Waals surface area contributed by atoms with Gasteiger partial charge in [-0.2, -0.15) is 0 Å². The standard InChI is InChI=1S/C18H17N3O/c1-12-4-6-13(7-5-12)17(22)9-15-18-14(3-2-8-20-18)16-10-19-11-21(15)16/h2-8,10-11,15,17,22H,9H2,1H3. The molecule has 1 aliphatic heterocycles. The second-order valence-electron chi connectivity index (χ2n) is 5.80. The zero-order valence-corrected chi connectivity index (χ0v) is 12.3. The van der Waals surface area contributed by atoms with Gasteiger partial charge in [0.05, 0.1) is 36.1 Å². The maximum Gasteiger partial charge on any atom is 0.0957 e. The lowest BCUT2D eigenvalue weighted by atomic mass is 9.98. The normalized spacial score (nSPS) is 17.1. The van der Waals surface area contributed by atoms with Gasteiger partial charge in [-0.25, -0.2) is 4.98 Å². The number of hydrogen-bond acceptors (Lipinski definition) is 3. The van der Waals surface area contributed by atoms with Crippen LogP contribution in [-0.4, -0.2) is 19.6 Å². The fraction of sp³-hybridized carbons (Fsp3) is 0.222. The van der Waals surface area contributed by atoms with Gasteiger partial charge in [0, 0.05) is 18.2 Å². The van der Waals surface area contributed by atoms with Crippen LogP contribution < -0.4 is 0 Å². The molecule has 0 fully saturated rings. The third kappa shape index (κ3) is 2.04. The molecule has 0 spiro atoms. The molecule has 1 N–H and O–H groups in total. The summed E-state index contributed by atoms with van der Waals surface area (Å²) in [6, 6.07) is 12.1. The minimum absolute atomic E-state index is 0.0324. The number of aryl methyl sites for hydroxylation is 1. The lowest BCUT2D eigenvalue weighted by Gasteiger charge is -2.18. The first kappa shape index (κ1) is 13.2. The molecule has 0 radical (unpaired) electrons.